The van der Waals surface area contributed by atoms with Gasteiger partial charge in [0, 0.05) is 27.0 Å². The number of hydrogen-bond acceptors (Lipinski definition) is 3. The Hall–Kier alpha value is -2.94. The van der Waals surface area contributed by atoms with E-state index in [-0.39, 0.29) is 5.56 Å². The summed E-state index contributed by atoms with van der Waals surface area (Å²) >= 11 is 12.1. The zero-order chi connectivity index (χ0) is 25.4. The van der Waals surface area contributed by atoms with Crippen molar-refractivity contribution in [2.75, 3.05) is 9.80 Å². The smallest absolute Gasteiger partial charge is 0.406 e. The Labute approximate surface area is 210 Å². The Kier molecular flexibility index (Phi) is 6.90. The molecule has 0 aliphatic carbocycles. The largest absolute Gasteiger partial charge is 0.573 e. The van der Waals surface area contributed by atoms with Crippen LogP contribution in [0.2, 0.25) is 10.0 Å². The number of nitrogens with zero attached hydrogens (tertiary/aromatic N) is 2. The van der Waals surface area contributed by atoms with Gasteiger partial charge in [0.15, 0.2) is 5.72 Å². The lowest BCUT2D eigenvalue weighted by Crippen LogP contribution is -2.49. The van der Waals surface area contributed by atoms with Crippen LogP contribution in [0.3, 0.4) is 0 Å². The molecule has 1 fully saturated rings. The molecule has 0 saturated carbocycles. The van der Waals surface area contributed by atoms with Gasteiger partial charge >= 0.3 is 12.4 Å². The molecule has 2 unspecified atom stereocenters. The van der Waals surface area contributed by atoms with Gasteiger partial charge in [0.05, 0.1) is 6.04 Å². The van der Waals surface area contributed by atoms with Crippen LogP contribution in [-0.2, 0) is 5.72 Å². The minimum atomic E-state index is -4.92. The third kappa shape index (κ3) is 4.91. The van der Waals surface area contributed by atoms with Gasteiger partial charge in [-0.15, -0.1) is 13.2 Å². The topological polar surface area (TPSA) is 53.0 Å². The third-order valence-electron chi connectivity index (χ3n) is 5.76. The second kappa shape index (κ2) is 9.60. The molecule has 3 aromatic carbocycles. The maximum atomic E-state index is 13.9. The van der Waals surface area contributed by atoms with E-state index in [1.807, 2.05) is 6.92 Å². The number of amides is 2. The van der Waals surface area contributed by atoms with E-state index in [0.29, 0.717) is 34.3 Å². The molecule has 0 spiro atoms. The second-order valence-corrected chi connectivity index (χ2v) is 8.92. The summed E-state index contributed by atoms with van der Waals surface area (Å²) in [4.78, 5) is 16.5. The van der Waals surface area contributed by atoms with E-state index in [4.69, 9.17) is 23.2 Å². The van der Waals surface area contributed by atoms with Crippen molar-refractivity contribution in [3.63, 3.8) is 0 Å². The fraction of sp³-hybridized carbons (Fsp3) is 0.240. The predicted octanol–water partition coefficient (Wildman–Crippen LogP) is 7.35. The summed E-state index contributed by atoms with van der Waals surface area (Å²) in [5, 5.41) is 13.2. The molecule has 1 N–H and O–H groups in total. The average Bonchev–Trinajstić information content (AvgIpc) is 3.02. The minimum absolute atomic E-state index is 0.0671. The van der Waals surface area contributed by atoms with Gasteiger partial charge in [-0.3, -0.25) is 9.80 Å². The molecule has 3 aromatic rings. The zero-order valence-corrected chi connectivity index (χ0v) is 20.0. The number of ether oxygens (including phenoxy) is 1. The molecule has 4 rings (SSSR count). The van der Waals surface area contributed by atoms with E-state index < -0.39 is 29.9 Å². The summed E-state index contributed by atoms with van der Waals surface area (Å²) in [5.74, 6) is -0.507. The molecular formula is C25H21Cl2F3N2O3. The molecule has 2 amide bonds. The molecule has 1 aliphatic rings. The highest BCUT2D eigenvalue weighted by Gasteiger charge is 2.58. The molecule has 35 heavy (non-hydrogen) atoms. The summed E-state index contributed by atoms with van der Waals surface area (Å²) < 4.78 is 42.8. The van der Waals surface area contributed by atoms with Crippen molar-refractivity contribution in [3.05, 3.63) is 88.4 Å². The van der Waals surface area contributed by atoms with E-state index in [1.54, 1.807) is 48.5 Å². The van der Waals surface area contributed by atoms with Gasteiger partial charge in [0.2, 0.25) is 0 Å². The van der Waals surface area contributed by atoms with Crippen LogP contribution in [0.5, 0.6) is 5.75 Å². The number of hydrogen-bond donors (Lipinski definition) is 1. The highest BCUT2D eigenvalue weighted by Crippen LogP contribution is 2.47. The molecule has 1 heterocycles. The average molecular weight is 525 g/mol. The highest BCUT2D eigenvalue weighted by molar-refractivity contribution is 6.31. The van der Waals surface area contributed by atoms with Crippen LogP contribution in [0, 0.1) is 0 Å². The molecule has 2 atom stereocenters. The second-order valence-electron chi connectivity index (χ2n) is 8.05. The van der Waals surface area contributed by atoms with Crippen LogP contribution in [0.4, 0.5) is 29.3 Å². The first-order chi connectivity index (χ1) is 16.5. The quantitative estimate of drug-likeness (QED) is 0.366. The van der Waals surface area contributed by atoms with E-state index >= 15 is 0 Å². The lowest BCUT2D eigenvalue weighted by molar-refractivity contribution is -0.274. The first-order valence-corrected chi connectivity index (χ1v) is 11.5. The van der Waals surface area contributed by atoms with Crippen molar-refractivity contribution >= 4 is 40.6 Å². The van der Waals surface area contributed by atoms with E-state index in [2.05, 4.69) is 4.74 Å². The van der Waals surface area contributed by atoms with E-state index in [0.717, 1.165) is 12.1 Å². The lowest BCUT2D eigenvalue weighted by atomic mass is 9.90. The number of urea groups is 1. The van der Waals surface area contributed by atoms with Crippen molar-refractivity contribution in [2.24, 2.45) is 0 Å². The van der Waals surface area contributed by atoms with Crippen LogP contribution in [0.25, 0.3) is 0 Å². The van der Waals surface area contributed by atoms with Gasteiger partial charge in [-0.1, -0.05) is 48.7 Å². The van der Waals surface area contributed by atoms with Crippen LogP contribution in [-0.4, -0.2) is 23.5 Å². The van der Waals surface area contributed by atoms with Crippen molar-refractivity contribution in [3.8, 4) is 5.75 Å². The van der Waals surface area contributed by atoms with Gasteiger partial charge in [-0.2, -0.15) is 0 Å². The number of anilines is 2. The van der Waals surface area contributed by atoms with E-state index in [9.17, 15) is 23.1 Å². The number of aliphatic hydroxyl groups is 1. The number of carbonyl (C=O) groups is 1. The first-order valence-electron chi connectivity index (χ1n) is 10.8. The molecule has 0 radical (unpaired) electrons. The Balaban J connectivity index is 1.92. The number of halogens is 5. The molecule has 184 valence electrons. The van der Waals surface area contributed by atoms with Gasteiger partial charge in [0.25, 0.3) is 0 Å². The van der Waals surface area contributed by atoms with E-state index in [1.165, 1.54) is 21.9 Å². The number of benzene rings is 3. The standard InChI is InChI=1S/C25H21Cl2F3N2O3/c1-2-4-22-24(34,16-5-3-6-21(15-16)35-25(28,29)30)32(20-13-9-18(27)10-14-20)23(33)31(22)19-11-7-17(26)8-12-19/h3,5-15,22,34H,2,4H2,1H3. The summed E-state index contributed by atoms with van der Waals surface area (Å²) in [5.41, 5.74) is -1.17. The predicted molar refractivity (Wildman–Crippen MR) is 129 cm³/mol. The Morgan fingerprint density at radius 1 is 0.971 bits per heavy atom. The summed E-state index contributed by atoms with van der Waals surface area (Å²) in [6, 6.07) is 16.4. The van der Waals surface area contributed by atoms with Crippen molar-refractivity contribution in [1.29, 1.82) is 0 Å². The summed E-state index contributed by atoms with van der Waals surface area (Å²) in [7, 11) is 0. The van der Waals surface area contributed by atoms with Crippen LogP contribution in [0.15, 0.2) is 72.8 Å². The minimum Gasteiger partial charge on any atom is -0.406 e. The molecule has 1 aliphatic heterocycles. The van der Waals surface area contributed by atoms with Gasteiger partial charge < -0.3 is 9.84 Å². The Morgan fingerprint density at radius 2 is 1.54 bits per heavy atom. The monoisotopic (exact) mass is 524 g/mol. The Morgan fingerprint density at radius 3 is 2.09 bits per heavy atom. The molecular weight excluding hydrogens is 504 g/mol. The summed E-state index contributed by atoms with van der Waals surface area (Å²) in [6.07, 6.45) is -3.99. The normalized spacial score (nSPS) is 20.4. The van der Waals surface area contributed by atoms with Crippen molar-refractivity contribution in [1.82, 2.24) is 0 Å². The molecule has 5 nitrogen and oxygen atoms in total. The number of rotatable bonds is 6. The Bertz CT molecular complexity index is 1210. The third-order valence-corrected chi connectivity index (χ3v) is 6.26. The highest BCUT2D eigenvalue weighted by atomic mass is 35.5. The lowest BCUT2D eigenvalue weighted by Gasteiger charge is -2.37. The SMILES string of the molecule is CCCC1N(c2ccc(Cl)cc2)C(=O)N(c2ccc(Cl)cc2)C1(O)c1cccc(OC(F)(F)F)c1. The fourth-order valence-electron chi connectivity index (χ4n) is 4.35. The molecule has 1 saturated heterocycles. The zero-order valence-electron chi connectivity index (χ0n) is 18.5. The van der Waals surface area contributed by atoms with Gasteiger partial charge in [-0.25, -0.2) is 4.79 Å². The molecule has 0 aromatic heterocycles. The van der Waals surface area contributed by atoms with Gasteiger partial charge in [0.1, 0.15) is 5.75 Å². The molecule has 10 heteroatoms. The maximum Gasteiger partial charge on any atom is 0.573 e. The fourth-order valence-corrected chi connectivity index (χ4v) is 4.60. The van der Waals surface area contributed by atoms with Crippen LogP contribution in [0.1, 0.15) is 25.3 Å². The van der Waals surface area contributed by atoms with Crippen LogP contribution >= 0.6 is 23.2 Å². The molecule has 0 bridgehead atoms. The number of alkyl halides is 3. The maximum absolute atomic E-state index is 13.9. The van der Waals surface area contributed by atoms with Crippen molar-refractivity contribution in [2.45, 2.75) is 37.9 Å². The van der Waals surface area contributed by atoms with Crippen LogP contribution < -0.4 is 14.5 Å². The van der Waals surface area contributed by atoms with Gasteiger partial charge in [-0.05, 0) is 67.1 Å². The first kappa shape index (κ1) is 25.2. The summed E-state index contributed by atoms with van der Waals surface area (Å²) in [6.45, 7) is 1.89. The number of carbonyl (C=O) groups excluding carboxylic acids is 1. The van der Waals surface area contributed by atoms with Crippen molar-refractivity contribution < 1.29 is 27.8 Å².